The number of ether oxygens (including phenoxy) is 1. The lowest BCUT2D eigenvalue weighted by Gasteiger charge is -2.23. The molecular weight excluding hydrogens is 256 g/mol. The van der Waals surface area contributed by atoms with E-state index >= 15 is 0 Å². The molecule has 3 N–H and O–H groups in total. The summed E-state index contributed by atoms with van der Waals surface area (Å²) in [5.41, 5.74) is 0.535. The van der Waals surface area contributed by atoms with Gasteiger partial charge in [0.15, 0.2) is 11.5 Å². The summed E-state index contributed by atoms with van der Waals surface area (Å²) in [5, 5.41) is 15.5. The molecule has 5 nitrogen and oxygen atoms in total. The predicted octanol–water partition coefficient (Wildman–Crippen LogP) is 1.65. The Balaban J connectivity index is 2.58. The molecule has 1 aromatic rings. The summed E-state index contributed by atoms with van der Waals surface area (Å²) in [4.78, 5) is 11.7. The second-order valence-corrected chi connectivity index (χ2v) is 5.30. The predicted molar refractivity (Wildman–Crippen MR) is 78.8 cm³/mol. The average Bonchev–Trinajstić information content (AvgIpc) is 2.41. The number of hydrogen-bond acceptors (Lipinski definition) is 4. The highest BCUT2D eigenvalue weighted by molar-refractivity contribution is 5.81. The fourth-order valence-corrected chi connectivity index (χ4v) is 1.88. The molecule has 112 valence electrons. The Morgan fingerprint density at radius 3 is 2.70 bits per heavy atom. The number of rotatable bonds is 7. The minimum absolute atomic E-state index is 0.00529. The van der Waals surface area contributed by atoms with Crippen LogP contribution in [-0.2, 0) is 11.3 Å². The van der Waals surface area contributed by atoms with Crippen LogP contribution in [0.4, 0.5) is 0 Å². The van der Waals surface area contributed by atoms with Crippen LogP contribution in [0.2, 0.25) is 0 Å². The highest BCUT2D eigenvalue weighted by Gasteiger charge is 2.25. The standard InChI is InChI=1S/C15H24N2O3/c1-5-20-13-8-11(6-7-12(13)18)9-17-10-15(2,3)14(19)16-4/h6-8,17-18H,5,9-10H2,1-4H3,(H,16,19). The van der Waals surface area contributed by atoms with Crippen LogP contribution in [0.5, 0.6) is 11.5 Å². The van der Waals surface area contributed by atoms with Gasteiger partial charge in [0.05, 0.1) is 12.0 Å². The van der Waals surface area contributed by atoms with Gasteiger partial charge in [-0.15, -0.1) is 0 Å². The number of phenolic OH excluding ortho intramolecular Hbond substituents is 1. The van der Waals surface area contributed by atoms with Gasteiger partial charge in [-0.05, 0) is 38.5 Å². The summed E-state index contributed by atoms with van der Waals surface area (Å²) in [6.45, 7) is 7.34. The molecule has 0 aliphatic rings. The highest BCUT2D eigenvalue weighted by Crippen LogP contribution is 2.26. The number of carbonyl (C=O) groups is 1. The number of aromatic hydroxyl groups is 1. The van der Waals surface area contributed by atoms with E-state index in [1.54, 1.807) is 19.2 Å². The van der Waals surface area contributed by atoms with Crippen molar-refractivity contribution in [2.75, 3.05) is 20.2 Å². The maximum Gasteiger partial charge on any atom is 0.226 e. The van der Waals surface area contributed by atoms with Gasteiger partial charge >= 0.3 is 0 Å². The number of nitrogens with one attached hydrogen (secondary N) is 2. The van der Waals surface area contributed by atoms with Crippen LogP contribution in [0.15, 0.2) is 18.2 Å². The third kappa shape index (κ3) is 4.42. The average molecular weight is 280 g/mol. The molecular formula is C15H24N2O3. The monoisotopic (exact) mass is 280 g/mol. The Bertz CT molecular complexity index is 458. The fourth-order valence-electron chi connectivity index (χ4n) is 1.88. The smallest absolute Gasteiger partial charge is 0.226 e. The largest absolute Gasteiger partial charge is 0.504 e. The first kappa shape index (κ1) is 16.3. The molecule has 1 rings (SSSR count). The van der Waals surface area contributed by atoms with Crippen molar-refractivity contribution in [1.82, 2.24) is 10.6 Å². The number of amides is 1. The van der Waals surface area contributed by atoms with Gasteiger partial charge < -0.3 is 20.5 Å². The minimum atomic E-state index is -0.464. The second-order valence-electron chi connectivity index (χ2n) is 5.30. The van der Waals surface area contributed by atoms with Gasteiger partial charge in [0.1, 0.15) is 0 Å². The first-order chi connectivity index (χ1) is 9.40. The van der Waals surface area contributed by atoms with Crippen LogP contribution in [0.1, 0.15) is 26.3 Å². The van der Waals surface area contributed by atoms with E-state index in [1.165, 1.54) is 0 Å². The molecule has 20 heavy (non-hydrogen) atoms. The topological polar surface area (TPSA) is 70.6 Å². The molecule has 5 heteroatoms. The van der Waals surface area contributed by atoms with Crippen molar-refractivity contribution >= 4 is 5.91 Å². The zero-order chi connectivity index (χ0) is 15.2. The number of phenols is 1. The van der Waals surface area contributed by atoms with Crippen LogP contribution in [-0.4, -0.2) is 31.2 Å². The van der Waals surface area contributed by atoms with Crippen molar-refractivity contribution in [3.05, 3.63) is 23.8 Å². The van der Waals surface area contributed by atoms with Gasteiger partial charge in [-0.25, -0.2) is 0 Å². The fraction of sp³-hybridized carbons (Fsp3) is 0.533. The molecule has 0 aliphatic heterocycles. The molecule has 1 amide bonds. The van der Waals surface area contributed by atoms with E-state index in [1.807, 2.05) is 26.8 Å². The van der Waals surface area contributed by atoms with Gasteiger partial charge in [0, 0.05) is 20.1 Å². The maximum atomic E-state index is 11.7. The first-order valence-electron chi connectivity index (χ1n) is 6.78. The van der Waals surface area contributed by atoms with E-state index in [0.717, 1.165) is 5.56 Å². The van der Waals surface area contributed by atoms with E-state index < -0.39 is 5.41 Å². The van der Waals surface area contributed by atoms with Crippen LogP contribution in [0, 0.1) is 5.41 Å². The Labute approximate surface area is 120 Å². The lowest BCUT2D eigenvalue weighted by molar-refractivity contribution is -0.128. The molecule has 0 fully saturated rings. The van der Waals surface area contributed by atoms with E-state index in [-0.39, 0.29) is 11.7 Å². The summed E-state index contributed by atoms with van der Waals surface area (Å²) < 4.78 is 5.34. The minimum Gasteiger partial charge on any atom is -0.504 e. The van der Waals surface area contributed by atoms with Crippen molar-refractivity contribution in [3.63, 3.8) is 0 Å². The van der Waals surface area contributed by atoms with Crippen molar-refractivity contribution < 1.29 is 14.6 Å². The van der Waals surface area contributed by atoms with E-state index in [9.17, 15) is 9.90 Å². The molecule has 0 saturated heterocycles. The summed E-state index contributed by atoms with van der Waals surface area (Å²) in [7, 11) is 1.64. The van der Waals surface area contributed by atoms with Gasteiger partial charge in [-0.2, -0.15) is 0 Å². The Kier molecular flexibility index (Phi) is 5.82. The molecule has 0 atom stereocenters. The van der Waals surface area contributed by atoms with Crippen LogP contribution < -0.4 is 15.4 Å². The lowest BCUT2D eigenvalue weighted by Crippen LogP contribution is -2.41. The second kappa shape index (κ2) is 7.14. The zero-order valence-electron chi connectivity index (χ0n) is 12.6. The van der Waals surface area contributed by atoms with E-state index in [0.29, 0.717) is 25.4 Å². The van der Waals surface area contributed by atoms with Crippen LogP contribution >= 0.6 is 0 Å². The van der Waals surface area contributed by atoms with Gasteiger partial charge in [-0.3, -0.25) is 4.79 Å². The van der Waals surface area contributed by atoms with Crippen molar-refractivity contribution in [2.24, 2.45) is 5.41 Å². The van der Waals surface area contributed by atoms with Crippen molar-refractivity contribution in [2.45, 2.75) is 27.3 Å². The highest BCUT2D eigenvalue weighted by atomic mass is 16.5. The summed E-state index contributed by atoms with van der Waals surface area (Å²) in [5.74, 6) is 0.629. The summed E-state index contributed by atoms with van der Waals surface area (Å²) in [6.07, 6.45) is 0. The SMILES string of the molecule is CCOc1cc(CNCC(C)(C)C(=O)NC)ccc1O. The van der Waals surface area contributed by atoms with Gasteiger partial charge in [-0.1, -0.05) is 6.07 Å². The third-order valence-electron chi connectivity index (χ3n) is 3.06. The third-order valence-corrected chi connectivity index (χ3v) is 3.06. The van der Waals surface area contributed by atoms with Gasteiger partial charge in [0.2, 0.25) is 5.91 Å². The molecule has 0 saturated carbocycles. The Morgan fingerprint density at radius 1 is 1.40 bits per heavy atom. The molecule has 0 radical (unpaired) electrons. The Morgan fingerprint density at radius 2 is 2.10 bits per heavy atom. The molecule has 0 bridgehead atoms. The first-order valence-corrected chi connectivity index (χ1v) is 6.78. The molecule has 1 aromatic carbocycles. The number of carbonyl (C=O) groups excluding carboxylic acids is 1. The molecule has 0 heterocycles. The van der Waals surface area contributed by atoms with Gasteiger partial charge in [0.25, 0.3) is 0 Å². The van der Waals surface area contributed by atoms with Crippen LogP contribution in [0.25, 0.3) is 0 Å². The molecule has 0 aliphatic carbocycles. The quantitative estimate of drug-likeness (QED) is 0.710. The maximum absolute atomic E-state index is 11.7. The van der Waals surface area contributed by atoms with Crippen molar-refractivity contribution in [1.29, 1.82) is 0 Å². The number of benzene rings is 1. The summed E-state index contributed by atoms with van der Waals surface area (Å²) >= 11 is 0. The van der Waals surface area contributed by atoms with E-state index in [4.69, 9.17) is 4.74 Å². The van der Waals surface area contributed by atoms with Crippen LogP contribution in [0.3, 0.4) is 0 Å². The molecule has 0 aromatic heterocycles. The van der Waals surface area contributed by atoms with Crippen molar-refractivity contribution in [3.8, 4) is 11.5 Å². The lowest BCUT2D eigenvalue weighted by atomic mass is 9.92. The summed E-state index contributed by atoms with van der Waals surface area (Å²) in [6, 6.07) is 5.25. The molecule has 0 unspecified atom stereocenters. The normalized spacial score (nSPS) is 11.2. The molecule has 0 spiro atoms. The van der Waals surface area contributed by atoms with E-state index in [2.05, 4.69) is 10.6 Å². The Hall–Kier alpha value is -1.75. The number of hydrogen-bond donors (Lipinski definition) is 3. The zero-order valence-corrected chi connectivity index (χ0v) is 12.6.